The predicted molar refractivity (Wildman–Crippen MR) is 94.9 cm³/mol. The van der Waals surface area contributed by atoms with Gasteiger partial charge in [0, 0.05) is 24.8 Å². The number of benzene rings is 1. The van der Waals surface area contributed by atoms with Crippen molar-refractivity contribution in [3.05, 3.63) is 18.2 Å². The van der Waals surface area contributed by atoms with Gasteiger partial charge < -0.3 is 24.4 Å². The topological polar surface area (TPSA) is 96.4 Å². The number of carbonyl (C=O) groups is 3. The van der Waals surface area contributed by atoms with Crippen LogP contribution in [0, 0.1) is 5.92 Å². The quantitative estimate of drug-likeness (QED) is 0.801. The Morgan fingerprint density at radius 3 is 2.59 bits per heavy atom. The van der Waals surface area contributed by atoms with E-state index in [0.29, 0.717) is 56.3 Å². The maximum Gasteiger partial charge on any atom is 0.326 e. The third-order valence-electron chi connectivity index (χ3n) is 5.41. The summed E-state index contributed by atoms with van der Waals surface area (Å²) < 4.78 is 11.1. The Labute approximate surface area is 156 Å². The average Bonchev–Trinajstić information content (AvgIpc) is 3.08. The minimum absolute atomic E-state index is 0.286. The number of aliphatic carboxylic acids is 1. The molecule has 0 spiro atoms. The Kier molecular flexibility index (Phi) is 4.63. The van der Waals surface area contributed by atoms with Gasteiger partial charge in [-0.15, -0.1) is 0 Å². The van der Waals surface area contributed by atoms with Gasteiger partial charge in [0.15, 0.2) is 11.5 Å². The van der Waals surface area contributed by atoms with Crippen LogP contribution in [-0.4, -0.2) is 60.1 Å². The molecular formula is C19H22N2O6. The van der Waals surface area contributed by atoms with Crippen molar-refractivity contribution in [2.75, 3.05) is 31.2 Å². The molecule has 0 aromatic heterocycles. The summed E-state index contributed by atoms with van der Waals surface area (Å²) in [5.41, 5.74) is 0.660. The number of carboxylic acids is 1. The molecule has 0 radical (unpaired) electrons. The van der Waals surface area contributed by atoms with E-state index in [1.54, 1.807) is 23.1 Å². The molecule has 144 valence electrons. The summed E-state index contributed by atoms with van der Waals surface area (Å²) in [7, 11) is 0. The van der Waals surface area contributed by atoms with Crippen LogP contribution in [0.25, 0.3) is 0 Å². The molecule has 0 aliphatic carbocycles. The van der Waals surface area contributed by atoms with Crippen LogP contribution in [-0.2, 0) is 14.4 Å². The van der Waals surface area contributed by atoms with Crippen molar-refractivity contribution in [3.63, 3.8) is 0 Å². The molecule has 8 heteroatoms. The van der Waals surface area contributed by atoms with Gasteiger partial charge in [-0.3, -0.25) is 9.59 Å². The zero-order valence-corrected chi connectivity index (χ0v) is 14.9. The van der Waals surface area contributed by atoms with E-state index in [9.17, 15) is 19.5 Å². The second kappa shape index (κ2) is 7.09. The minimum atomic E-state index is -1.00. The van der Waals surface area contributed by atoms with Crippen LogP contribution in [0.15, 0.2) is 18.2 Å². The summed E-state index contributed by atoms with van der Waals surface area (Å²) in [6, 6.07) is 4.46. The van der Waals surface area contributed by atoms with Crippen LogP contribution in [0.5, 0.6) is 11.5 Å². The summed E-state index contributed by atoms with van der Waals surface area (Å²) in [5, 5.41) is 9.39. The van der Waals surface area contributed by atoms with Crippen molar-refractivity contribution >= 4 is 23.5 Å². The fourth-order valence-corrected chi connectivity index (χ4v) is 4.02. The van der Waals surface area contributed by atoms with Gasteiger partial charge >= 0.3 is 5.97 Å². The maximum atomic E-state index is 12.9. The number of carbonyl (C=O) groups excluding carboxylic acids is 2. The third kappa shape index (κ3) is 3.20. The highest BCUT2D eigenvalue weighted by molar-refractivity contribution is 6.10. The number of hydrogen-bond acceptors (Lipinski definition) is 5. The molecule has 0 saturated carbocycles. The number of fused-ring (bicyclic) bond motifs is 1. The van der Waals surface area contributed by atoms with Crippen LogP contribution in [0.1, 0.15) is 25.7 Å². The number of hydrogen-bond donors (Lipinski definition) is 1. The molecule has 3 aliphatic rings. The van der Waals surface area contributed by atoms with Crippen LogP contribution in [0.3, 0.4) is 0 Å². The molecule has 4 rings (SSSR count). The van der Waals surface area contributed by atoms with Crippen LogP contribution in [0.4, 0.5) is 5.69 Å². The van der Waals surface area contributed by atoms with Crippen molar-refractivity contribution in [3.8, 4) is 11.5 Å². The lowest BCUT2D eigenvalue weighted by atomic mass is 9.98. The Hall–Kier alpha value is -2.77. The Morgan fingerprint density at radius 2 is 1.81 bits per heavy atom. The van der Waals surface area contributed by atoms with E-state index in [0.717, 1.165) is 12.8 Å². The number of ether oxygens (including phenoxy) is 2. The number of nitrogens with zero attached hydrogens (tertiary/aromatic N) is 2. The van der Waals surface area contributed by atoms with E-state index in [4.69, 9.17) is 9.47 Å². The SMILES string of the molecule is O=C(O)C1CCCCN1C(=O)C1CCN(c2ccc3c(c2)OCCO3)C1=O. The zero-order valence-electron chi connectivity index (χ0n) is 14.9. The lowest BCUT2D eigenvalue weighted by Crippen LogP contribution is -2.51. The van der Waals surface area contributed by atoms with Crippen LogP contribution in [0.2, 0.25) is 0 Å². The van der Waals surface area contributed by atoms with E-state index in [-0.39, 0.29) is 11.8 Å². The number of rotatable bonds is 3. The number of amides is 2. The Morgan fingerprint density at radius 1 is 1.04 bits per heavy atom. The lowest BCUT2D eigenvalue weighted by Gasteiger charge is -2.34. The summed E-state index contributed by atoms with van der Waals surface area (Å²) in [6.07, 6.45) is 2.37. The van der Waals surface area contributed by atoms with E-state index < -0.39 is 17.9 Å². The molecule has 2 unspecified atom stereocenters. The molecule has 3 heterocycles. The van der Waals surface area contributed by atoms with Gasteiger partial charge in [-0.05, 0) is 37.8 Å². The fraction of sp³-hybridized carbons (Fsp3) is 0.526. The molecule has 3 aliphatic heterocycles. The van der Waals surface area contributed by atoms with Gasteiger partial charge in [0.1, 0.15) is 25.2 Å². The molecule has 2 saturated heterocycles. The molecule has 1 N–H and O–H groups in total. The molecule has 27 heavy (non-hydrogen) atoms. The van der Waals surface area contributed by atoms with Gasteiger partial charge in [-0.2, -0.15) is 0 Å². The van der Waals surface area contributed by atoms with Gasteiger partial charge in [-0.1, -0.05) is 0 Å². The first kappa shape index (κ1) is 17.6. The highest BCUT2D eigenvalue weighted by atomic mass is 16.6. The third-order valence-corrected chi connectivity index (χ3v) is 5.41. The predicted octanol–water partition coefficient (Wildman–Crippen LogP) is 1.28. The second-order valence-electron chi connectivity index (χ2n) is 7.04. The van der Waals surface area contributed by atoms with Crippen molar-refractivity contribution < 1.29 is 29.0 Å². The summed E-state index contributed by atoms with van der Waals surface area (Å²) in [6.45, 7) is 1.76. The Balaban J connectivity index is 1.51. The molecule has 2 amide bonds. The molecule has 1 aromatic carbocycles. The summed E-state index contributed by atoms with van der Waals surface area (Å²) in [5.74, 6) is -1.25. The van der Waals surface area contributed by atoms with E-state index in [2.05, 4.69) is 0 Å². The Bertz CT molecular complexity index is 779. The van der Waals surface area contributed by atoms with Crippen molar-refractivity contribution in [1.82, 2.24) is 4.90 Å². The first-order chi connectivity index (χ1) is 13.1. The van der Waals surface area contributed by atoms with Crippen molar-refractivity contribution in [1.29, 1.82) is 0 Å². The highest BCUT2D eigenvalue weighted by Gasteiger charge is 2.43. The number of piperidine rings is 1. The summed E-state index contributed by atoms with van der Waals surface area (Å²) >= 11 is 0. The molecule has 0 bridgehead atoms. The van der Waals surface area contributed by atoms with E-state index >= 15 is 0 Å². The molecule has 8 nitrogen and oxygen atoms in total. The highest BCUT2D eigenvalue weighted by Crippen LogP contribution is 2.36. The normalized spacial score (nSPS) is 24.8. The van der Waals surface area contributed by atoms with Crippen molar-refractivity contribution in [2.24, 2.45) is 5.92 Å². The molecular weight excluding hydrogens is 352 g/mol. The number of likely N-dealkylation sites (tertiary alicyclic amines) is 1. The van der Waals surface area contributed by atoms with E-state index in [1.165, 1.54) is 4.90 Å². The van der Waals surface area contributed by atoms with Crippen LogP contribution >= 0.6 is 0 Å². The zero-order chi connectivity index (χ0) is 19.0. The number of anilines is 1. The monoisotopic (exact) mass is 374 g/mol. The first-order valence-electron chi connectivity index (χ1n) is 9.30. The van der Waals surface area contributed by atoms with Crippen LogP contribution < -0.4 is 14.4 Å². The second-order valence-corrected chi connectivity index (χ2v) is 7.04. The van der Waals surface area contributed by atoms with Gasteiger partial charge in [0.25, 0.3) is 0 Å². The first-order valence-corrected chi connectivity index (χ1v) is 9.30. The fourth-order valence-electron chi connectivity index (χ4n) is 4.02. The molecule has 2 fully saturated rings. The molecule has 1 aromatic rings. The van der Waals surface area contributed by atoms with Crippen molar-refractivity contribution in [2.45, 2.75) is 31.7 Å². The molecule has 2 atom stereocenters. The van der Waals surface area contributed by atoms with Gasteiger partial charge in [0.2, 0.25) is 11.8 Å². The minimum Gasteiger partial charge on any atom is -0.486 e. The maximum absolute atomic E-state index is 12.9. The van der Waals surface area contributed by atoms with E-state index in [1.807, 2.05) is 0 Å². The number of carboxylic acid groups (broad SMARTS) is 1. The summed E-state index contributed by atoms with van der Waals surface area (Å²) in [4.78, 5) is 40.2. The average molecular weight is 374 g/mol. The lowest BCUT2D eigenvalue weighted by molar-refractivity contribution is -0.155. The smallest absolute Gasteiger partial charge is 0.326 e. The standard InChI is InChI=1S/C19H22N2O6/c22-17-13(18(23)21-7-2-1-3-14(21)19(24)25)6-8-20(17)12-4-5-15-16(11-12)27-10-9-26-15/h4-5,11,13-14H,1-3,6-10H2,(H,24,25). The largest absolute Gasteiger partial charge is 0.486 e. The van der Waals surface area contributed by atoms with Gasteiger partial charge in [0.05, 0.1) is 0 Å². The van der Waals surface area contributed by atoms with Gasteiger partial charge in [-0.25, -0.2) is 4.79 Å².